The van der Waals surface area contributed by atoms with Gasteiger partial charge in [-0.3, -0.25) is 5.32 Å². The van der Waals surface area contributed by atoms with Crippen molar-refractivity contribution in [1.82, 2.24) is 5.32 Å². The Hall–Kier alpha value is -2.61. The number of fused-ring (bicyclic) bond motifs is 1. The third-order valence-corrected chi connectivity index (χ3v) is 3.33. The molecule has 126 valence electrons. The van der Waals surface area contributed by atoms with Crippen molar-refractivity contribution in [1.29, 1.82) is 0 Å². The molecule has 1 heterocycles. The number of carbonyl (C=O) groups is 1. The number of anilines is 1. The maximum Gasteiger partial charge on any atom is 0.492 e. The van der Waals surface area contributed by atoms with Crippen molar-refractivity contribution >= 4 is 23.3 Å². The Morgan fingerprint density at radius 2 is 1.71 bits per heavy atom. The lowest BCUT2D eigenvalue weighted by Crippen LogP contribution is -2.65. The van der Waals surface area contributed by atoms with E-state index in [-0.39, 0.29) is 16.5 Å². The number of urea groups is 1. The minimum absolute atomic E-state index is 0.170. The molecule has 5 nitrogen and oxygen atoms in total. The lowest BCUT2D eigenvalue weighted by Gasteiger charge is -2.29. The fourth-order valence-electron chi connectivity index (χ4n) is 2.05. The van der Waals surface area contributed by atoms with E-state index < -0.39 is 18.1 Å². The fraction of sp³-hybridized carbons (Fsp3) is 0.133. The Kier molecular flexibility index (Phi) is 3.92. The molecule has 0 spiro atoms. The minimum Gasteiger partial charge on any atom is -0.424 e. The van der Waals surface area contributed by atoms with E-state index in [1.54, 1.807) is 23.5 Å². The molecule has 24 heavy (non-hydrogen) atoms. The molecule has 0 saturated heterocycles. The maximum absolute atomic E-state index is 13.5. The van der Waals surface area contributed by atoms with Crippen molar-refractivity contribution in [3.8, 4) is 11.5 Å². The summed E-state index contributed by atoms with van der Waals surface area (Å²) in [7, 11) is 0. The summed E-state index contributed by atoms with van der Waals surface area (Å²) in [5.41, 5.74) is 0.311. The Balaban J connectivity index is 1.83. The van der Waals surface area contributed by atoms with E-state index in [0.29, 0.717) is 5.69 Å². The van der Waals surface area contributed by atoms with Gasteiger partial charge in [0.1, 0.15) is 0 Å². The van der Waals surface area contributed by atoms with Crippen LogP contribution in [0.2, 0.25) is 5.02 Å². The van der Waals surface area contributed by atoms with Gasteiger partial charge in [-0.25, -0.2) is 4.79 Å². The van der Waals surface area contributed by atoms with E-state index in [1.165, 1.54) is 30.3 Å². The van der Waals surface area contributed by atoms with Gasteiger partial charge in [0.15, 0.2) is 11.5 Å². The number of alkyl halides is 3. The summed E-state index contributed by atoms with van der Waals surface area (Å²) in [4.78, 5) is 11.9. The van der Waals surface area contributed by atoms with Crippen LogP contribution in [0.3, 0.4) is 0 Å². The van der Waals surface area contributed by atoms with Gasteiger partial charge in [0.25, 0.3) is 0 Å². The summed E-state index contributed by atoms with van der Waals surface area (Å²) in [5.74, 6) is -3.74. The van der Waals surface area contributed by atoms with Crippen molar-refractivity contribution in [2.24, 2.45) is 0 Å². The SMILES string of the molecule is O=C(Nc1ccccc1)NC1(C(F)(F)F)Oc2ccc(Cl)cc2O1. The van der Waals surface area contributed by atoms with Crippen LogP contribution in [0.15, 0.2) is 48.5 Å². The van der Waals surface area contributed by atoms with Gasteiger partial charge in [-0.1, -0.05) is 29.8 Å². The topological polar surface area (TPSA) is 59.6 Å². The molecule has 0 bridgehead atoms. The van der Waals surface area contributed by atoms with Crippen LogP contribution in [0, 0.1) is 0 Å². The Bertz CT molecular complexity index is 770. The maximum atomic E-state index is 13.5. The zero-order valence-corrected chi connectivity index (χ0v) is 12.6. The number of rotatable bonds is 2. The van der Waals surface area contributed by atoms with Gasteiger partial charge in [0.2, 0.25) is 0 Å². The number of carbonyl (C=O) groups excluding carboxylic acids is 1. The van der Waals surface area contributed by atoms with Crippen LogP contribution in [0.1, 0.15) is 0 Å². The minimum atomic E-state index is -5.04. The predicted octanol–water partition coefficient (Wildman–Crippen LogP) is 4.15. The molecule has 0 fully saturated rings. The second-order valence-corrected chi connectivity index (χ2v) is 5.29. The van der Waals surface area contributed by atoms with Crippen molar-refractivity contribution in [3.63, 3.8) is 0 Å². The molecule has 1 aliphatic rings. The Morgan fingerprint density at radius 1 is 1.04 bits per heavy atom. The monoisotopic (exact) mass is 358 g/mol. The smallest absolute Gasteiger partial charge is 0.424 e. The molecule has 0 aliphatic carbocycles. The first-order valence-electron chi connectivity index (χ1n) is 6.68. The standard InChI is InChI=1S/C15H10ClF3N2O3/c16-9-6-7-11-12(8-9)24-15(23-11,14(17,18)19)21-13(22)20-10-4-2-1-3-5-10/h1-8H,(H2,20,21,22). The van der Waals surface area contributed by atoms with Crippen molar-refractivity contribution in [2.45, 2.75) is 12.1 Å². The quantitative estimate of drug-likeness (QED) is 0.848. The van der Waals surface area contributed by atoms with E-state index >= 15 is 0 Å². The van der Waals surface area contributed by atoms with Crippen LogP contribution in [-0.4, -0.2) is 18.1 Å². The molecule has 1 unspecified atom stereocenters. The summed E-state index contributed by atoms with van der Waals surface area (Å²) in [5, 5.41) is 4.12. The molecule has 2 aromatic rings. The lowest BCUT2D eigenvalue weighted by molar-refractivity contribution is -0.317. The van der Waals surface area contributed by atoms with Crippen LogP contribution < -0.4 is 20.1 Å². The molecule has 2 N–H and O–H groups in total. The summed E-state index contributed by atoms with van der Waals surface area (Å²) in [6.45, 7) is 0. The number of amides is 2. The molecule has 1 aliphatic heterocycles. The van der Waals surface area contributed by atoms with Crippen molar-refractivity contribution in [2.75, 3.05) is 5.32 Å². The predicted molar refractivity (Wildman–Crippen MR) is 80.1 cm³/mol. The van der Waals surface area contributed by atoms with E-state index in [9.17, 15) is 18.0 Å². The van der Waals surface area contributed by atoms with Crippen molar-refractivity contribution < 1.29 is 27.4 Å². The van der Waals surface area contributed by atoms with Crippen LogP contribution in [-0.2, 0) is 0 Å². The molecule has 1 atom stereocenters. The van der Waals surface area contributed by atoms with Gasteiger partial charge >= 0.3 is 18.1 Å². The average molecular weight is 359 g/mol. The number of nitrogens with one attached hydrogen (secondary N) is 2. The summed E-state index contributed by atoms with van der Waals surface area (Å²) >= 11 is 5.73. The fourth-order valence-corrected chi connectivity index (χ4v) is 2.21. The summed E-state index contributed by atoms with van der Waals surface area (Å²) < 4.78 is 50.1. The third kappa shape index (κ3) is 3.05. The molecular weight excluding hydrogens is 349 g/mol. The average Bonchev–Trinajstić information content (AvgIpc) is 2.86. The van der Waals surface area contributed by atoms with Crippen LogP contribution >= 0.6 is 11.6 Å². The first-order chi connectivity index (χ1) is 11.3. The molecule has 9 heteroatoms. The van der Waals surface area contributed by atoms with Gasteiger partial charge in [-0.15, -0.1) is 0 Å². The number of hydrogen-bond acceptors (Lipinski definition) is 3. The zero-order valence-electron chi connectivity index (χ0n) is 11.9. The highest BCUT2D eigenvalue weighted by Crippen LogP contribution is 2.46. The molecule has 0 saturated carbocycles. The second-order valence-electron chi connectivity index (χ2n) is 4.85. The highest BCUT2D eigenvalue weighted by Gasteiger charge is 2.65. The van der Waals surface area contributed by atoms with Gasteiger partial charge in [0.05, 0.1) is 0 Å². The molecule has 2 amide bonds. The summed E-state index contributed by atoms with van der Waals surface area (Å²) in [6.07, 6.45) is -5.04. The van der Waals surface area contributed by atoms with E-state index in [0.717, 1.165) is 0 Å². The largest absolute Gasteiger partial charge is 0.492 e. The van der Waals surface area contributed by atoms with Crippen LogP contribution in [0.4, 0.5) is 23.7 Å². The number of benzene rings is 2. The third-order valence-electron chi connectivity index (χ3n) is 3.10. The van der Waals surface area contributed by atoms with Crippen LogP contribution in [0.25, 0.3) is 0 Å². The number of hydrogen-bond donors (Lipinski definition) is 2. The number of ether oxygens (including phenoxy) is 2. The highest BCUT2D eigenvalue weighted by molar-refractivity contribution is 6.30. The normalized spacial score (nSPS) is 19.0. The Labute approximate surface area is 139 Å². The zero-order chi connectivity index (χ0) is 17.4. The summed E-state index contributed by atoms with van der Waals surface area (Å²) in [6, 6.07) is 10.6. The Morgan fingerprint density at radius 3 is 2.38 bits per heavy atom. The van der Waals surface area contributed by atoms with Gasteiger partial charge in [-0.2, -0.15) is 13.2 Å². The van der Waals surface area contributed by atoms with Gasteiger partial charge < -0.3 is 14.8 Å². The molecular formula is C15H10ClF3N2O3. The van der Waals surface area contributed by atoms with Gasteiger partial charge in [0, 0.05) is 16.8 Å². The highest BCUT2D eigenvalue weighted by atomic mass is 35.5. The van der Waals surface area contributed by atoms with E-state index in [4.69, 9.17) is 21.1 Å². The molecule has 0 aromatic heterocycles. The van der Waals surface area contributed by atoms with E-state index in [1.807, 2.05) is 0 Å². The molecule has 3 rings (SSSR count). The number of para-hydroxylation sites is 1. The van der Waals surface area contributed by atoms with Crippen molar-refractivity contribution in [3.05, 3.63) is 53.6 Å². The van der Waals surface area contributed by atoms with Crippen LogP contribution in [0.5, 0.6) is 11.5 Å². The number of halogens is 4. The lowest BCUT2D eigenvalue weighted by atomic mass is 10.3. The first-order valence-corrected chi connectivity index (χ1v) is 7.05. The van der Waals surface area contributed by atoms with E-state index in [2.05, 4.69) is 5.32 Å². The molecule has 2 aromatic carbocycles. The van der Waals surface area contributed by atoms with Gasteiger partial charge in [-0.05, 0) is 24.3 Å². The molecule has 0 radical (unpaired) electrons. The first kappa shape index (κ1) is 16.3. The second kappa shape index (κ2) is 5.79.